The van der Waals surface area contributed by atoms with E-state index in [4.69, 9.17) is 4.74 Å². The minimum Gasteiger partial charge on any atom is -0.379 e. The molecule has 1 atom stereocenters. The number of rotatable bonds is 3. The zero-order chi connectivity index (χ0) is 16.6. The standard InChI is InChI=1S/C18H26N2O3S/c21-24(22,17-7-8-17)20-10-4-9-18(14-20)13-19(11-12-23-15-18)16-5-2-1-3-6-16/h1-3,5-6,17H,4,7-15H2/t18-/m0/s1. The Kier molecular flexibility index (Phi) is 4.31. The quantitative estimate of drug-likeness (QED) is 0.838. The van der Waals surface area contributed by atoms with Gasteiger partial charge in [0.2, 0.25) is 10.0 Å². The minimum atomic E-state index is -3.10. The van der Waals surface area contributed by atoms with Gasteiger partial charge >= 0.3 is 0 Å². The molecular formula is C18H26N2O3S. The molecule has 0 N–H and O–H groups in total. The Hall–Kier alpha value is -1.11. The number of anilines is 1. The molecule has 2 heterocycles. The number of nitrogens with zero attached hydrogens (tertiary/aromatic N) is 2. The number of ether oxygens (including phenoxy) is 1. The number of piperidine rings is 1. The molecule has 132 valence electrons. The van der Waals surface area contributed by atoms with Gasteiger partial charge in [0.15, 0.2) is 0 Å². The van der Waals surface area contributed by atoms with E-state index >= 15 is 0 Å². The van der Waals surface area contributed by atoms with Crippen molar-refractivity contribution in [1.82, 2.24) is 4.31 Å². The Morgan fingerprint density at radius 3 is 2.62 bits per heavy atom. The SMILES string of the molecule is O=S(=O)(C1CC1)N1CCC[C@@]2(COCCN(c3ccccc3)C2)C1. The number of para-hydroxylation sites is 1. The minimum absolute atomic E-state index is 0.0907. The molecule has 0 radical (unpaired) electrons. The molecule has 6 heteroatoms. The summed E-state index contributed by atoms with van der Waals surface area (Å²) in [6.45, 7) is 4.37. The number of sulfonamides is 1. The Bertz CT molecular complexity index is 675. The van der Waals surface area contributed by atoms with Crippen LogP contribution in [-0.4, -0.2) is 57.4 Å². The van der Waals surface area contributed by atoms with E-state index in [1.165, 1.54) is 5.69 Å². The van der Waals surface area contributed by atoms with Crippen molar-refractivity contribution in [1.29, 1.82) is 0 Å². The van der Waals surface area contributed by atoms with Gasteiger partial charge < -0.3 is 9.64 Å². The van der Waals surface area contributed by atoms with E-state index in [0.29, 0.717) is 26.3 Å². The normalized spacial score (nSPS) is 29.6. The Morgan fingerprint density at radius 1 is 1.08 bits per heavy atom. The van der Waals surface area contributed by atoms with E-state index in [1.54, 1.807) is 4.31 Å². The fourth-order valence-corrected chi connectivity index (χ4v) is 6.05. The van der Waals surface area contributed by atoms with Gasteiger partial charge in [-0.1, -0.05) is 18.2 Å². The molecule has 0 bridgehead atoms. The van der Waals surface area contributed by atoms with Crippen LogP contribution < -0.4 is 4.90 Å². The average Bonchev–Trinajstić information content (AvgIpc) is 3.44. The number of hydrogen-bond donors (Lipinski definition) is 0. The molecule has 1 saturated carbocycles. The van der Waals surface area contributed by atoms with Gasteiger partial charge in [-0.15, -0.1) is 0 Å². The van der Waals surface area contributed by atoms with Gasteiger partial charge in [-0.2, -0.15) is 0 Å². The lowest BCUT2D eigenvalue weighted by atomic mass is 9.81. The lowest BCUT2D eigenvalue weighted by Gasteiger charge is -2.43. The summed E-state index contributed by atoms with van der Waals surface area (Å²) in [7, 11) is -3.10. The van der Waals surface area contributed by atoms with E-state index in [9.17, 15) is 8.42 Å². The summed E-state index contributed by atoms with van der Waals surface area (Å²) in [5.74, 6) is 0. The molecule has 1 aromatic carbocycles. The summed E-state index contributed by atoms with van der Waals surface area (Å²) >= 11 is 0. The van der Waals surface area contributed by atoms with Gasteiger partial charge in [-0.05, 0) is 37.8 Å². The van der Waals surface area contributed by atoms with Crippen molar-refractivity contribution in [2.75, 3.05) is 44.3 Å². The maximum absolute atomic E-state index is 12.7. The highest BCUT2D eigenvalue weighted by atomic mass is 32.2. The Labute approximate surface area is 144 Å². The summed E-state index contributed by atoms with van der Waals surface area (Å²) in [6.07, 6.45) is 3.63. The van der Waals surface area contributed by atoms with Crippen molar-refractivity contribution in [3.05, 3.63) is 30.3 Å². The van der Waals surface area contributed by atoms with Crippen LogP contribution in [0.1, 0.15) is 25.7 Å². The molecule has 3 fully saturated rings. The lowest BCUT2D eigenvalue weighted by Crippen LogP contribution is -2.52. The van der Waals surface area contributed by atoms with E-state index in [1.807, 2.05) is 6.07 Å². The second-order valence-corrected chi connectivity index (χ2v) is 9.70. The first kappa shape index (κ1) is 16.4. The third kappa shape index (κ3) is 3.19. The Balaban J connectivity index is 1.56. The Morgan fingerprint density at radius 2 is 1.88 bits per heavy atom. The van der Waals surface area contributed by atoms with Crippen LogP contribution in [-0.2, 0) is 14.8 Å². The molecule has 1 aliphatic carbocycles. The molecule has 24 heavy (non-hydrogen) atoms. The summed E-state index contributed by atoms with van der Waals surface area (Å²) in [4.78, 5) is 2.36. The summed E-state index contributed by atoms with van der Waals surface area (Å²) in [6, 6.07) is 10.4. The third-order valence-electron chi connectivity index (χ3n) is 5.49. The van der Waals surface area contributed by atoms with Crippen LogP contribution in [0.15, 0.2) is 30.3 Å². The molecule has 0 unspecified atom stereocenters. The fraction of sp³-hybridized carbons (Fsp3) is 0.667. The van der Waals surface area contributed by atoms with Crippen molar-refractivity contribution in [3.8, 4) is 0 Å². The average molecular weight is 350 g/mol. The summed E-state index contributed by atoms with van der Waals surface area (Å²) in [5.41, 5.74) is 1.11. The largest absolute Gasteiger partial charge is 0.379 e. The zero-order valence-corrected chi connectivity index (χ0v) is 14.9. The van der Waals surface area contributed by atoms with Gasteiger partial charge in [0.25, 0.3) is 0 Å². The lowest BCUT2D eigenvalue weighted by molar-refractivity contribution is 0.0350. The third-order valence-corrected chi connectivity index (χ3v) is 7.84. The van der Waals surface area contributed by atoms with Crippen molar-refractivity contribution in [2.24, 2.45) is 5.41 Å². The van der Waals surface area contributed by atoms with Crippen LogP contribution in [0.2, 0.25) is 0 Å². The second-order valence-electron chi connectivity index (χ2n) is 7.49. The van der Waals surface area contributed by atoms with Crippen LogP contribution in [0.5, 0.6) is 0 Å². The maximum atomic E-state index is 12.7. The van der Waals surface area contributed by atoms with Crippen LogP contribution >= 0.6 is 0 Å². The van der Waals surface area contributed by atoms with Crippen molar-refractivity contribution >= 4 is 15.7 Å². The second kappa shape index (κ2) is 6.32. The molecule has 1 aromatic rings. The van der Waals surface area contributed by atoms with Gasteiger partial charge in [-0.25, -0.2) is 12.7 Å². The molecule has 3 aliphatic rings. The predicted octanol–water partition coefficient (Wildman–Crippen LogP) is 2.10. The molecular weight excluding hydrogens is 324 g/mol. The fourth-order valence-electron chi connectivity index (χ4n) is 4.06. The summed E-state index contributed by atoms with van der Waals surface area (Å²) < 4.78 is 33.0. The van der Waals surface area contributed by atoms with E-state index in [0.717, 1.165) is 38.8 Å². The van der Waals surface area contributed by atoms with E-state index in [-0.39, 0.29) is 10.7 Å². The monoisotopic (exact) mass is 350 g/mol. The van der Waals surface area contributed by atoms with Crippen molar-refractivity contribution in [3.63, 3.8) is 0 Å². The van der Waals surface area contributed by atoms with Crippen molar-refractivity contribution < 1.29 is 13.2 Å². The van der Waals surface area contributed by atoms with Crippen molar-refractivity contribution in [2.45, 2.75) is 30.9 Å². The molecule has 2 saturated heterocycles. The first-order chi connectivity index (χ1) is 11.6. The van der Waals surface area contributed by atoms with Gasteiger partial charge in [0.05, 0.1) is 18.5 Å². The van der Waals surface area contributed by atoms with Crippen LogP contribution in [0.25, 0.3) is 0 Å². The molecule has 4 rings (SSSR count). The molecule has 0 amide bonds. The van der Waals surface area contributed by atoms with Crippen LogP contribution in [0, 0.1) is 5.41 Å². The highest BCUT2D eigenvalue weighted by Crippen LogP contribution is 2.39. The van der Waals surface area contributed by atoms with Gasteiger partial charge in [0, 0.05) is 37.3 Å². The predicted molar refractivity (Wildman–Crippen MR) is 94.7 cm³/mol. The summed E-state index contributed by atoms with van der Waals surface area (Å²) in [5, 5.41) is -0.121. The first-order valence-electron chi connectivity index (χ1n) is 8.96. The van der Waals surface area contributed by atoms with Gasteiger partial charge in [0.1, 0.15) is 0 Å². The zero-order valence-electron chi connectivity index (χ0n) is 14.1. The molecule has 5 nitrogen and oxygen atoms in total. The van der Waals surface area contributed by atoms with Crippen LogP contribution in [0.3, 0.4) is 0 Å². The molecule has 0 aromatic heterocycles. The smallest absolute Gasteiger partial charge is 0.217 e. The molecule has 2 aliphatic heterocycles. The van der Waals surface area contributed by atoms with Crippen LogP contribution in [0.4, 0.5) is 5.69 Å². The maximum Gasteiger partial charge on any atom is 0.217 e. The van der Waals surface area contributed by atoms with E-state index in [2.05, 4.69) is 29.2 Å². The molecule has 1 spiro atoms. The highest BCUT2D eigenvalue weighted by Gasteiger charge is 2.46. The number of hydrogen-bond acceptors (Lipinski definition) is 4. The highest BCUT2D eigenvalue weighted by molar-refractivity contribution is 7.90. The number of benzene rings is 1. The topological polar surface area (TPSA) is 49.9 Å². The van der Waals surface area contributed by atoms with Gasteiger partial charge in [-0.3, -0.25) is 0 Å². The first-order valence-corrected chi connectivity index (χ1v) is 10.5. The van der Waals surface area contributed by atoms with E-state index < -0.39 is 10.0 Å².